The first-order valence-corrected chi connectivity index (χ1v) is 8.57. The van der Waals surface area contributed by atoms with Gasteiger partial charge in [0.2, 0.25) is 5.91 Å². The Kier molecular flexibility index (Phi) is 5.97. The maximum absolute atomic E-state index is 11.9. The van der Waals surface area contributed by atoms with Crippen molar-refractivity contribution in [1.29, 1.82) is 0 Å². The Morgan fingerprint density at radius 3 is 2.46 bits per heavy atom. The number of nitrogens with one attached hydrogen (secondary N) is 2. The number of imide groups is 1. The van der Waals surface area contributed by atoms with Gasteiger partial charge in [0.05, 0.1) is 5.75 Å². The van der Waals surface area contributed by atoms with Crippen molar-refractivity contribution in [2.45, 2.75) is 38.9 Å². The molecule has 0 fully saturated rings. The highest BCUT2D eigenvalue weighted by Crippen LogP contribution is 2.21. The zero-order valence-electron chi connectivity index (χ0n) is 14.2. The van der Waals surface area contributed by atoms with Crippen molar-refractivity contribution in [2.75, 3.05) is 5.75 Å². The van der Waals surface area contributed by atoms with E-state index in [-0.39, 0.29) is 17.7 Å². The zero-order valence-corrected chi connectivity index (χ0v) is 15.0. The smallest absolute Gasteiger partial charge is 0.321 e. The molecule has 2 N–H and O–H groups in total. The lowest BCUT2D eigenvalue weighted by Gasteiger charge is -2.10. The zero-order chi connectivity index (χ0) is 17.7. The normalized spacial score (nSPS) is 10.7. The molecule has 24 heavy (non-hydrogen) atoms. The molecule has 1 aromatic carbocycles. The summed E-state index contributed by atoms with van der Waals surface area (Å²) in [5, 5.41) is 13.7. The Bertz CT molecular complexity index is 725. The van der Waals surface area contributed by atoms with Crippen molar-refractivity contribution >= 4 is 23.7 Å². The van der Waals surface area contributed by atoms with E-state index in [4.69, 9.17) is 0 Å². The lowest BCUT2D eigenvalue weighted by atomic mass is 10.2. The third-order valence-electron chi connectivity index (χ3n) is 3.09. The van der Waals surface area contributed by atoms with Crippen LogP contribution in [0.3, 0.4) is 0 Å². The summed E-state index contributed by atoms with van der Waals surface area (Å²) in [6, 6.07) is 7.44. The average Bonchev–Trinajstić information content (AvgIpc) is 2.86. The van der Waals surface area contributed by atoms with Crippen LogP contribution in [0.4, 0.5) is 4.79 Å². The Morgan fingerprint density at radius 1 is 1.17 bits per heavy atom. The Labute approximate surface area is 145 Å². The fraction of sp³-hybridized carbons (Fsp3) is 0.375. The van der Waals surface area contributed by atoms with Gasteiger partial charge in [-0.1, -0.05) is 29.5 Å². The van der Waals surface area contributed by atoms with Gasteiger partial charge in [-0.25, -0.2) is 4.79 Å². The van der Waals surface area contributed by atoms with Crippen LogP contribution in [0.2, 0.25) is 0 Å². The van der Waals surface area contributed by atoms with E-state index in [1.54, 1.807) is 0 Å². The standard InChI is InChI=1S/C16H21N5O2S/c1-10(2)17-15(23)18-14(22)9-24-16-20-19-12(4)21(16)13-7-5-11(3)6-8-13/h5-8,10H,9H2,1-4H3,(H2,17,18,22,23). The van der Waals surface area contributed by atoms with Crippen LogP contribution in [0.25, 0.3) is 5.69 Å². The number of carbonyl (C=O) groups is 2. The van der Waals surface area contributed by atoms with Gasteiger partial charge in [-0.3, -0.25) is 14.7 Å². The number of nitrogens with zero attached hydrogens (tertiary/aromatic N) is 3. The van der Waals surface area contributed by atoms with Gasteiger partial charge in [0.25, 0.3) is 0 Å². The molecule has 0 saturated heterocycles. The van der Waals surface area contributed by atoms with Crippen molar-refractivity contribution in [2.24, 2.45) is 0 Å². The van der Waals surface area contributed by atoms with Crippen LogP contribution >= 0.6 is 11.8 Å². The SMILES string of the molecule is Cc1ccc(-n2c(C)nnc2SCC(=O)NC(=O)NC(C)C)cc1. The van der Waals surface area contributed by atoms with Crippen molar-refractivity contribution in [1.82, 2.24) is 25.4 Å². The van der Waals surface area contributed by atoms with Gasteiger partial charge >= 0.3 is 6.03 Å². The van der Waals surface area contributed by atoms with Gasteiger partial charge in [0.15, 0.2) is 5.16 Å². The van der Waals surface area contributed by atoms with E-state index in [2.05, 4.69) is 20.8 Å². The van der Waals surface area contributed by atoms with Gasteiger partial charge in [0, 0.05) is 11.7 Å². The molecule has 128 valence electrons. The van der Waals surface area contributed by atoms with E-state index < -0.39 is 6.03 Å². The molecular weight excluding hydrogens is 326 g/mol. The molecule has 2 aromatic rings. The fourth-order valence-corrected chi connectivity index (χ4v) is 2.82. The molecule has 0 aliphatic carbocycles. The van der Waals surface area contributed by atoms with E-state index in [0.29, 0.717) is 5.16 Å². The van der Waals surface area contributed by atoms with Crippen molar-refractivity contribution in [3.63, 3.8) is 0 Å². The summed E-state index contributed by atoms with van der Waals surface area (Å²) in [7, 11) is 0. The molecule has 0 saturated carbocycles. The van der Waals surface area contributed by atoms with E-state index in [1.807, 2.05) is 56.5 Å². The van der Waals surface area contributed by atoms with Gasteiger partial charge < -0.3 is 5.32 Å². The summed E-state index contributed by atoms with van der Waals surface area (Å²) >= 11 is 1.23. The molecule has 3 amide bonds. The highest BCUT2D eigenvalue weighted by molar-refractivity contribution is 7.99. The van der Waals surface area contributed by atoms with Crippen molar-refractivity contribution < 1.29 is 9.59 Å². The molecule has 0 unspecified atom stereocenters. The second-order valence-corrected chi connectivity index (χ2v) is 6.61. The monoisotopic (exact) mass is 347 g/mol. The molecule has 0 aliphatic rings. The van der Waals surface area contributed by atoms with E-state index in [1.165, 1.54) is 11.8 Å². The van der Waals surface area contributed by atoms with Crippen molar-refractivity contribution in [3.8, 4) is 5.69 Å². The molecule has 0 aliphatic heterocycles. The number of hydrogen-bond donors (Lipinski definition) is 2. The van der Waals surface area contributed by atoms with Crippen LogP contribution in [-0.2, 0) is 4.79 Å². The minimum atomic E-state index is -0.494. The number of urea groups is 1. The minimum absolute atomic E-state index is 0.0299. The number of rotatable bonds is 5. The molecule has 0 bridgehead atoms. The summed E-state index contributed by atoms with van der Waals surface area (Å²) in [6.45, 7) is 7.52. The van der Waals surface area contributed by atoms with Crippen LogP contribution in [-0.4, -0.2) is 38.5 Å². The maximum Gasteiger partial charge on any atom is 0.321 e. The number of aryl methyl sites for hydroxylation is 2. The molecule has 8 heteroatoms. The molecule has 1 aromatic heterocycles. The molecule has 0 spiro atoms. The lowest BCUT2D eigenvalue weighted by Crippen LogP contribution is -2.43. The highest BCUT2D eigenvalue weighted by Gasteiger charge is 2.14. The Hall–Kier alpha value is -2.35. The molecule has 1 heterocycles. The van der Waals surface area contributed by atoms with Gasteiger partial charge in [-0.05, 0) is 39.8 Å². The van der Waals surface area contributed by atoms with Gasteiger partial charge in [-0.15, -0.1) is 10.2 Å². The maximum atomic E-state index is 11.9. The second kappa shape index (κ2) is 7.96. The average molecular weight is 347 g/mol. The summed E-state index contributed by atoms with van der Waals surface area (Å²) < 4.78 is 1.88. The summed E-state index contributed by atoms with van der Waals surface area (Å²) in [4.78, 5) is 23.4. The van der Waals surface area contributed by atoms with E-state index in [9.17, 15) is 9.59 Å². The molecule has 0 atom stereocenters. The first-order chi connectivity index (χ1) is 11.4. The fourth-order valence-electron chi connectivity index (χ4n) is 2.02. The van der Waals surface area contributed by atoms with Gasteiger partial charge in [-0.2, -0.15) is 0 Å². The predicted octanol–water partition coefficient (Wildman–Crippen LogP) is 2.21. The van der Waals surface area contributed by atoms with Crippen LogP contribution in [0.15, 0.2) is 29.4 Å². The third kappa shape index (κ3) is 4.82. The number of amides is 3. The number of benzene rings is 1. The Morgan fingerprint density at radius 2 is 1.83 bits per heavy atom. The number of carbonyl (C=O) groups excluding carboxylic acids is 2. The summed E-state index contributed by atoms with van der Waals surface area (Å²) in [5.41, 5.74) is 2.10. The van der Waals surface area contributed by atoms with Crippen LogP contribution in [0.1, 0.15) is 25.2 Å². The number of hydrogen-bond acceptors (Lipinski definition) is 5. The van der Waals surface area contributed by atoms with Crippen LogP contribution in [0, 0.1) is 13.8 Å². The second-order valence-electron chi connectivity index (χ2n) is 5.67. The van der Waals surface area contributed by atoms with E-state index in [0.717, 1.165) is 17.1 Å². The molecule has 7 nitrogen and oxygen atoms in total. The topological polar surface area (TPSA) is 88.9 Å². The largest absolute Gasteiger partial charge is 0.336 e. The van der Waals surface area contributed by atoms with Crippen LogP contribution < -0.4 is 10.6 Å². The van der Waals surface area contributed by atoms with E-state index >= 15 is 0 Å². The first kappa shape index (κ1) is 18.0. The number of thioether (sulfide) groups is 1. The Balaban J connectivity index is 2.02. The number of aromatic nitrogens is 3. The third-order valence-corrected chi connectivity index (χ3v) is 4.02. The lowest BCUT2D eigenvalue weighted by molar-refractivity contribution is -0.117. The first-order valence-electron chi connectivity index (χ1n) is 7.59. The molecule has 0 radical (unpaired) electrons. The quantitative estimate of drug-likeness (QED) is 0.810. The molecular formula is C16H21N5O2S. The van der Waals surface area contributed by atoms with Gasteiger partial charge in [0.1, 0.15) is 5.82 Å². The minimum Gasteiger partial charge on any atom is -0.336 e. The van der Waals surface area contributed by atoms with Crippen molar-refractivity contribution in [3.05, 3.63) is 35.7 Å². The highest BCUT2D eigenvalue weighted by atomic mass is 32.2. The predicted molar refractivity (Wildman–Crippen MR) is 93.4 cm³/mol. The molecule has 2 rings (SSSR count). The summed E-state index contributed by atoms with van der Waals surface area (Å²) in [5.74, 6) is 0.434. The summed E-state index contributed by atoms with van der Waals surface area (Å²) in [6.07, 6.45) is 0. The van der Waals surface area contributed by atoms with Crippen LogP contribution in [0.5, 0.6) is 0 Å².